The van der Waals surface area contributed by atoms with Crippen molar-refractivity contribution in [3.8, 4) is 28.6 Å². The summed E-state index contributed by atoms with van der Waals surface area (Å²) in [6.45, 7) is 3.65. The molecule has 17 heteroatoms. The van der Waals surface area contributed by atoms with Crippen LogP contribution in [0.4, 0.5) is 28.4 Å². The Balaban J connectivity index is 1.33. The number of carbonyl (C=O) groups excluding carboxylic acids is 3. The number of nitrogens with one attached hydrogen (secondary N) is 2. The number of amides is 4. The van der Waals surface area contributed by atoms with Gasteiger partial charge in [-0.2, -0.15) is 4.99 Å². The molecule has 2 N–H and O–H groups in total. The highest BCUT2D eigenvalue weighted by atomic mass is 32.2. The summed E-state index contributed by atoms with van der Waals surface area (Å²) in [6, 6.07) is 14.4. The van der Waals surface area contributed by atoms with E-state index < -0.39 is 24.7 Å². The van der Waals surface area contributed by atoms with E-state index >= 15 is 0 Å². The molecule has 2 heterocycles. The molecule has 0 spiro atoms. The lowest BCUT2D eigenvalue weighted by atomic mass is 10.1. The highest BCUT2D eigenvalue weighted by Gasteiger charge is 2.33. The van der Waals surface area contributed by atoms with E-state index in [4.69, 9.17) is 9.47 Å². The van der Waals surface area contributed by atoms with Gasteiger partial charge in [0.2, 0.25) is 5.91 Å². The minimum absolute atomic E-state index is 0.0872. The van der Waals surface area contributed by atoms with E-state index in [0.717, 1.165) is 35.0 Å². The molecular formula is C31H28F3N7O6S. The Morgan fingerprint density at radius 2 is 1.65 bits per heavy atom. The number of aromatic nitrogens is 3. The second kappa shape index (κ2) is 14.0. The van der Waals surface area contributed by atoms with Gasteiger partial charge in [0.15, 0.2) is 11.0 Å². The van der Waals surface area contributed by atoms with Crippen molar-refractivity contribution in [3.05, 3.63) is 83.7 Å². The first kappa shape index (κ1) is 33.8. The molecule has 4 aromatic rings. The lowest BCUT2D eigenvalue weighted by molar-refractivity contribution is -0.274. The molecule has 0 radical (unpaired) electrons. The number of nitrogens with zero attached hydrogens (tertiary/aromatic N) is 5. The first-order chi connectivity index (χ1) is 22.8. The van der Waals surface area contributed by atoms with Gasteiger partial charge in [0, 0.05) is 5.56 Å². The normalized spacial score (nSPS) is 14.5. The summed E-state index contributed by atoms with van der Waals surface area (Å²) in [4.78, 5) is 48.0. The summed E-state index contributed by atoms with van der Waals surface area (Å²) in [7, 11) is 2.72. The molecule has 48 heavy (non-hydrogen) atoms. The highest BCUT2D eigenvalue weighted by molar-refractivity contribution is 8.15. The van der Waals surface area contributed by atoms with Crippen molar-refractivity contribution in [1.29, 1.82) is 0 Å². The van der Waals surface area contributed by atoms with Gasteiger partial charge in [-0.15, -0.1) is 18.3 Å². The highest BCUT2D eigenvalue weighted by Crippen LogP contribution is 2.35. The number of halogens is 3. The number of alkyl halides is 3. The van der Waals surface area contributed by atoms with Gasteiger partial charge in [0.25, 0.3) is 0 Å². The van der Waals surface area contributed by atoms with E-state index in [0.29, 0.717) is 34.1 Å². The molecule has 5 rings (SSSR count). The van der Waals surface area contributed by atoms with Crippen LogP contribution in [-0.4, -0.2) is 64.3 Å². The second-order valence-electron chi connectivity index (χ2n) is 10.2. The maximum Gasteiger partial charge on any atom is 0.573 e. The van der Waals surface area contributed by atoms with Crippen molar-refractivity contribution in [1.82, 2.24) is 25.4 Å². The number of alkyl carbamates (subject to hydrolysis) is 1. The summed E-state index contributed by atoms with van der Waals surface area (Å²) >= 11 is 1.11. The van der Waals surface area contributed by atoms with E-state index in [-0.39, 0.29) is 22.6 Å². The van der Waals surface area contributed by atoms with Crippen LogP contribution >= 0.6 is 11.8 Å². The summed E-state index contributed by atoms with van der Waals surface area (Å²) in [5.74, 6) is 0.406. The van der Waals surface area contributed by atoms with Gasteiger partial charge in [-0.05, 0) is 66.9 Å². The van der Waals surface area contributed by atoms with Crippen molar-refractivity contribution in [2.45, 2.75) is 26.4 Å². The molecule has 13 nitrogen and oxygen atoms in total. The Morgan fingerprint density at radius 3 is 2.25 bits per heavy atom. The van der Waals surface area contributed by atoms with Crippen LogP contribution in [0.3, 0.4) is 0 Å². The van der Waals surface area contributed by atoms with Gasteiger partial charge in [-0.25, -0.2) is 19.3 Å². The van der Waals surface area contributed by atoms with Crippen LogP contribution in [0.1, 0.15) is 22.9 Å². The predicted molar refractivity (Wildman–Crippen MR) is 170 cm³/mol. The second-order valence-corrected chi connectivity index (χ2v) is 11.2. The summed E-state index contributed by atoms with van der Waals surface area (Å²) < 4.78 is 52.7. The fraction of sp³-hybridized carbons (Fsp3) is 0.226. The molecule has 1 aromatic heterocycles. The van der Waals surface area contributed by atoms with Crippen LogP contribution < -0.4 is 25.0 Å². The minimum Gasteiger partial charge on any atom is -0.497 e. The number of ether oxygens (including phenoxy) is 3. The third-order valence-corrected chi connectivity index (χ3v) is 7.85. The fourth-order valence-corrected chi connectivity index (χ4v) is 5.67. The standard InChI is InChI=1S/C31H28F3N7O6S/c1-17-13-23(45-3)14-18(2)25(17)41-24(42)15-48-29(41)38-28(43)36-27(37-30(44)46-4)20-7-5-19(6-8-20)26-35-16-40(39-26)21-9-11-22(12-10-21)47-31(32,33)34/h5-14,16,27H,15H2,1-4H3,(H,36,43)(H,37,44). The fourth-order valence-electron chi connectivity index (χ4n) is 4.82. The molecule has 3 aromatic carbocycles. The third-order valence-electron chi connectivity index (χ3n) is 6.93. The van der Waals surface area contributed by atoms with Crippen LogP contribution in [0.25, 0.3) is 17.1 Å². The van der Waals surface area contributed by atoms with Crippen LogP contribution in [-0.2, 0) is 9.53 Å². The number of urea groups is 1. The number of hydrogen-bond donors (Lipinski definition) is 2. The number of rotatable bonds is 8. The molecule has 1 saturated heterocycles. The largest absolute Gasteiger partial charge is 0.573 e. The quantitative estimate of drug-likeness (QED) is 0.225. The molecule has 1 unspecified atom stereocenters. The van der Waals surface area contributed by atoms with Crippen molar-refractivity contribution in [3.63, 3.8) is 0 Å². The number of thioether (sulfide) groups is 1. The van der Waals surface area contributed by atoms with Gasteiger partial charge in [-0.1, -0.05) is 36.0 Å². The van der Waals surface area contributed by atoms with Crippen molar-refractivity contribution in [2.24, 2.45) is 4.99 Å². The summed E-state index contributed by atoms with van der Waals surface area (Å²) in [5.41, 5.74) is 3.58. The number of hydrogen-bond acceptors (Lipinski definition) is 9. The Kier molecular flexibility index (Phi) is 9.88. The smallest absolute Gasteiger partial charge is 0.497 e. The predicted octanol–water partition coefficient (Wildman–Crippen LogP) is 5.66. The Morgan fingerprint density at radius 1 is 0.979 bits per heavy atom. The van der Waals surface area contributed by atoms with Crippen LogP contribution in [0, 0.1) is 13.8 Å². The van der Waals surface area contributed by atoms with Crippen LogP contribution in [0.5, 0.6) is 11.5 Å². The maximum atomic E-state index is 13.2. The topological polar surface area (TPSA) is 149 Å². The molecule has 1 fully saturated rings. The van der Waals surface area contributed by atoms with E-state index in [2.05, 4.69) is 30.4 Å². The minimum atomic E-state index is -4.80. The first-order valence-electron chi connectivity index (χ1n) is 14.1. The number of carbonyl (C=O) groups is 3. The van der Waals surface area contributed by atoms with E-state index in [9.17, 15) is 27.6 Å². The van der Waals surface area contributed by atoms with Gasteiger partial charge < -0.3 is 19.5 Å². The summed E-state index contributed by atoms with van der Waals surface area (Å²) in [6.07, 6.45) is -5.30. The number of methoxy groups -OCH3 is 2. The van der Waals surface area contributed by atoms with Crippen LogP contribution in [0.2, 0.25) is 0 Å². The first-order valence-corrected chi connectivity index (χ1v) is 15.1. The van der Waals surface area contributed by atoms with E-state index in [1.165, 1.54) is 35.2 Å². The van der Waals surface area contributed by atoms with Crippen molar-refractivity contribution in [2.75, 3.05) is 24.9 Å². The van der Waals surface area contributed by atoms with Gasteiger partial charge >= 0.3 is 18.5 Å². The molecule has 1 aliphatic heterocycles. The number of benzene rings is 3. The molecule has 0 aliphatic carbocycles. The van der Waals surface area contributed by atoms with Crippen molar-refractivity contribution < 1.29 is 41.8 Å². The van der Waals surface area contributed by atoms with Gasteiger partial charge in [-0.3, -0.25) is 15.0 Å². The average Bonchev–Trinajstić information content (AvgIpc) is 3.67. The number of aliphatic imine (C=N–C) groups is 1. The Bertz CT molecular complexity index is 1840. The maximum absolute atomic E-state index is 13.2. The molecular weight excluding hydrogens is 655 g/mol. The lowest BCUT2D eigenvalue weighted by Crippen LogP contribution is -2.40. The zero-order valence-electron chi connectivity index (χ0n) is 25.9. The van der Waals surface area contributed by atoms with E-state index in [1.807, 2.05) is 13.8 Å². The molecule has 0 saturated carbocycles. The lowest BCUT2D eigenvalue weighted by Gasteiger charge is -2.22. The SMILES string of the molecule is COC(=O)NC(NC(=O)N=C1SCC(=O)N1c1c(C)cc(OC)cc1C)c1ccc(-c2ncn(-c3ccc(OC(F)(F)F)cc3)n2)cc1. The average molecular weight is 684 g/mol. The Labute approximate surface area is 276 Å². The van der Waals surface area contributed by atoms with Gasteiger partial charge in [0.05, 0.1) is 31.3 Å². The molecule has 1 aliphatic rings. The molecule has 4 amide bonds. The van der Waals surface area contributed by atoms with Crippen LogP contribution in [0.15, 0.2) is 72.0 Å². The van der Waals surface area contributed by atoms with Gasteiger partial charge in [0.1, 0.15) is 24.0 Å². The molecule has 1 atom stereocenters. The monoisotopic (exact) mass is 683 g/mol. The molecule has 250 valence electrons. The van der Waals surface area contributed by atoms with E-state index in [1.54, 1.807) is 43.5 Å². The third kappa shape index (κ3) is 7.86. The number of aryl methyl sites for hydroxylation is 2. The summed E-state index contributed by atoms with van der Waals surface area (Å²) in [5, 5.41) is 9.74. The van der Waals surface area contributed by atoms with Crippen molar-refractivity contribution >= 4 is 40.6 Å². The zero-order valence-corrected chi connectivity index (χ0v) is 26.7. The number of anilines is 1. The number of amidine groups is 1. The molecule has 0 bridgehead atoms. The Hall–Kier alpha value is -5.58. The zero-order chi connectivity index (χ0) is 34.6.